The molecule has 3 N–H and O–H groups in total. The summed E-state index contributed by atoms with van der Waals surface area (Å²) >= 11 is 9.55. The van der Waals surface area contributed by atoms with Crippen LogP contribution in [-0.4, -0.2) is 19.6 Å². The molecule has 0 radical (unpaired) electrons. The first-order chi connectivity index (χ1) is 11.4. The van der Waals surface area contributed by atoms with Crippen molar-refractivity contribution in [1.82, 2.24) is 0 Å². The van der Waals surface area contributed by atoms with E-state index in [0.717, 1.165) is 27.0 Å². The van der Waals surface area contributed by atoms with Crippen LogP contribution in [0.25, 0.3) is 0 Å². The highest BCUT2D eigenvalue weighted by Gasteiger charge is 2.14. The summed E-state index contributed by atoms with van der Waals surface area (Å²) in [6.07, 6.45) is 0. The van der Waals surface area contributed by atoms with Gasteiger partial charge in [-0.25, -0.2) is 0 Å². The van der Waals surface area contributed by atoms with Gasteiger partial charge in [-0.2, -0.15) is 0 Å². The molecule has 1 atom stereocenters. The minimum Gasteiger partial charge on any atom is -0.496 e. The molecule has 0 aliphatic heterocycles. The summed E-state index contributed by atoms with van der Waals surface area (Å²) in [5.74, 6) is 0.736. The van der Waals surface area contributed by atoms with E-state index in [9.17, 15) is 4.79 Å². The largest absolute Gasteiger partial charge is 0.496 e. The summed E-state index contributed by atoms with van der Waals surface area (Å²) < 4.78 is 6.14. The fraction of sp³-hybridized carbons (Fsp3) is 0.278. The first-order valence-corrected chi connectivity index (χ1v) is 8.81. The van der Waals surface area contributed by atoms with Crippen LogP contribution in [0.5, 0.6) is 5.75 Å². The molecule has 2 aromatic carbocycles. The van der Waals surface area contributed by atoms with E-state index >= 15 is 0 Å². The van der Waals surface area contributed by atoms with Crippen molar-refractivity contribution in [1.29, 1.82) is 0 Å². The van der Waals surface area contributed by atoms with E-state index in [4.69, 9.17) is 16.3 Å². The third-order valence-electron chi connectivity index (χ3n) is 3.90. The molecular formula is C18H21BrClN2O2+. The van der Waals surface area contributed by atoms with Crippen LogP contribution in [0.2, 0.25) is 5.02 Å². The fourth-order valence-electron chi connectivity index (χ4n) is 2.33. The number of amides is 1. The number of methoxy groups -OCH3 is 1. The van der Waals surface area contributed by atoms with Crippen LogP contribution in [0, 0.1) is 6.92 Å². The Morgan fingerprint density at radius 2 is 2.12 bits per heavy atom. The van der Waals surface area contributed by atoms with E-state index in [1.807, 2.05) is 48.6 Å². The van der Waals surface area contributed by atoms with Gasteiger partial charge in [0.2, 0.25) is 0 Å². The number of benzene rings is 2. The summed E-state index contributed by atoms with van der Waals surface area (Å²) in [4.78, 5) is 12.2. The van der Waals surface area contributed by atoms with Gasteiger partial charge in [0.05, 0.1) is 11.6 Å². The van der Waals surface area contributed by atoms with Crippen LogP contribution in [0.3, 0.4) is 0 Å². The van der Waals surface area contributed by atoms with E-state index in [0.29, 0.717) is 11.6 Å². The summed E-state index contributed by atoms with van der Waals surface area (Å²) in [6, 6.07) is 11.6. The molecule has 4 nitrogen and oxygen atoms in total. The molecule has 0 bridgehead atoms. The first-order valence-electron chi connectivity index (χ1n) is 7.64. The molecule has 0 saturated carbocycles. The topological polar surface area (TPSA) is 54.9 Å². The Morgan fingerprint density at radius 1 is 1.38 bits per heavy atom. The second-order valence-electron chi connectivity index (χ2n) is 5.58. The van der Waals surface area contributed by atoms with E-state index in [1.54, 1.807) is 7.11 Å². The number of carbonyl (C=O) groups is 1. The number of nitrogens with two attached hydrogens (primary N) is 1. The third-order valence-corrected chi connectivity index (χ3v) is 4.93. The van der Waals surface area contributed by atoms with Crippen molar-refractivity contribution in [3.8, 4) is 5.75 Å². The fourth-order valence-corrected chi connectivity index (χ4v) is 3.06. The van der Waals surface area contributed by atoms with Gasteiger partial charge in [0, 0.05) is 16.3 Å². The van der Waals surface area contributed by atoms with E-state index < -0.39 is 0 Å². The molecule has 128 valence electrons. The molecule has 0 saturated heterocycles. The molecule has 0 aromatic heterocycles. The van der Waals surface area contributed by atoms with Crippen LogP contribution in [0.1, 0.15) is 24.1 Å². The number of carbonyl (C=O) groups excluding carboxylic acids is 1. The van der Waals surface area contributed by atoms with Gasteiger partial charge in [0.1, 0.15) is 11.8 Å². The minimum absolute atomic E-state index is 0.0557. The molecule has 2 rings (SSSR count). The summed E-state index contributed by atoms with van der Waals surface area (Å²) in [5, 5.41) is 5.54. The van der Waals surface area contributed by atoms with Crippen LogP contribution in [0.15, 0.2) is 40.9 Å². The van der Waals surface area contributed by atoms with Gasteiger partial charge in [-0.3, -0.25) is 4.79 Å². The SMILES string of the molecule is COc1ccc([C@H](C)[NH2+]CC(=O)Nc2cccc(Cl)c2C)cc1Br. The zero-order valence-corrected chi connectivity index (χ0v) is 16.2. The van der Waals surface area contributed by atoms with E-state index in [2.05, 4.69) is 28.2 Å². The zero-order valence-electron chi connectivity index (χ0n) is 13.9. The summed E-state index contributed by atoms with van der Waals surface area (Å²) in [7, 11) is 1.64. The molecule has 1 amide bonds. The van der Waals surface area contributed by atoms with Crippen LogP contribution >= 0.6 is 27.5 Å². The lowest BCUT2D eigenvalue weighted by molar-refractivity contribution is -0.682. The van der Waals surface area contributed by atoms with Gasteiger partial charge in [0.15, 0.2) is 6.54 Å². The Kier molecular flexibility index (Phi) is 6.66. The Morgan fingerprint density at radius 3 is 2.79 bits per heavy atom. The predicted octanol–water partition coefficient (Wildman–Crippen LogP) is 3.68. The van der Waals surface area contributed by atoms with Gasteiger partial charge in [0.25, 0.3) is 5.91 Å². The number of halogens is 2. The molecule has 2 aromatic rings. The van der Waals surface area contributed by atoms with Gasteiger partial charge in [-0.15, -0.1) is 0 Å². The molecule has 0 spiro atoms. The van der Waals surface area contributed by atoms with Crippen molar-refractivity contribution in [3.05, 3.63) is 57.0 Å². The lowest BCUT2D eigenvalue weighted by Crippen LogP contribution is -2.86. The Bertz CT molecular complexity index is 737. The first kappa shape index (κ1) is 18.8. The van der Waals surface area contributed by atoms with Gasteiger partial charge in [-0.1, -0.05) is 17.7 Å². The molecule has 0 aliphatic rings. The molecule has 0 aliphatic carbocycles. The predicted molar refractivity (Wildman–Crippen MR) is 101 cm³/mol. The highest BCUT2D eigenvalue weighted by molar-refractivity contribution is 9.10. The monoisotopic (exact) mass is 411 g/mol. The number of hydrogen-bond acceptors (Lipinski definition) is 2. The average Bonchev–Trinajstić information content (AvgIpc) is 2.56. The highest BCUT2D eigenvalue weighted by atomic mass is 79.9. The Labute approximate surface area is 155 Å². The van der Waals surface area contributed by atoms with Crippen molar-refractivity contribution in [2.45, 2.75) is 19.9 Å². The lowest BCUT2D eigenvalue weighted by atomic mass is 10.1. The number of quaternary nitrogens is 1. The van der Waals surface area contributed by atoms with Crippen LogP contribution in [0.4, 0.5) is 5.69 Å². The number of hydrogen-bond donors (Lipinski definition) is 2. The molecule has 0 fully saturated rings. The van der Waals surface area contributed by atoms with E-state index in [1.165, 1.54) is 0 Å². The van der Waals surface area contributed by atoms with Gasteiger partial charge < -0.3 is 15.4 Å². The maximum atomic E-state index is 12.2. The number of rotatable bonds is 6. The van der Waals surface area contributed by atoms with Crippen molar-refractivity contribution in [2.75, 3.05) is 19.0 Å². The molecule has 0 unspecified atom stereocenters. The molecule has 24 heavy (non-hydrogen) atoms. The summed E-state index contributed by atoms with van der Waals surface area (Å²) in [6.45, 7) is 4.28. The molecule has 0 heterocycles. The Hall–Kier alpha value is -1.56. The van der Waals surface area contributed by atoms with Crippen molar-refractivity contribution < 1.29 is 14.8 Å². The quantitative estimate of drug-likeness (QED) is 0.760. The molecular weight excluding hydrogens is 392 g/mol. The van der Waals surface area contributed by atoms with Crippen LogP contribution in [-0.2, 0) is 4.79 Å². The number of nitrogens with one attached hydrogen (secondary N) is 1. The van der Waals surface area contributed by atoms with Crippen molar-refractivity contribution >= 4 is 39.1 Å². The molecule has 6 heteroatoms. The van der Waals surface area contributed by atoms with Gasteiger partial charge >= 0.3 is 0 Å². The van der Waals surface area contributed by atoms with Crippen molar-refractivity contribution in [3.63, 3.8) is 0 Å². The minimum atomic E-state index is -0.0557. The van der Waals surface area contributed by atoms with Gasteiger partial charge in [-0.05, 0) is 65.7 Å². The normalized spacial score (nSPS) is 11.9. The van der Waals surface area contributed by atoms with Crippen molar-refractivity contribution in [2.24, 2.45) is 0 Å². The maximum Gasteiger partial charge on any atom is 0.279 e. The standard InChI is InChI=1S/C18H20BrClN2O2/c1-11-15(20)5-4-6-16(11)22-18(23)10-21-12(2)13-7-8-17(24-3)14(19)9-13/h4-9,12,21H,10H2,1-3H3,(H,22,23)/p+1/t12-/m0/s1. The maximum absolute atomic E-state index is 12.2. The second-order valence-corrected chi connectivity index (χ2v) is 6.84. The second kappa shape index (κ2) is 8.51. The zero-order chi connectivity index (χ0) is 17.7. The van der Waals surface area contributed by atoms with E-state index in [-0.39, 0.29) is 11.9 Å². The Balaban J connectivity index is 1.93. The highest BCUT2D eigenvalue weighted by Crippen LogP contribution is 2.27. The average molecular weight is 413 g/mol. The summed E-state index contributed by atoms with van der Waals surface area (Å²) in [5.41, 5.74) is 2.75. The third kappa shape index (κ3) is 4.72. The lowest BCUT2D eigenvalue weighted by Gasteiger charge is -2.13. The smallest absolute Gasteiger partial charge is 0.279 e. The number of ether oxygens (including phenoxy) is 1. The number of anilines is 1. The van der Waals surface area contributed by atoms with Crippen LogP contribution < -0.4 is 15.4 Å².